The summed E-state index contributed by atoms with van der Waals surface area (Å²) in [6, 6.07) is 0. The second-order valence-electron chi connectivity index (χ2n) is 4.39. The third-order valence-electron chi connectivity index (χ3n) is 2.80. The molecule has 1 aliphatic rings. The maximum atomic E-state index is 11.1. The largest absolute Gasteiger partial charge is 1.00 e. The van der Waals surface area contributed by atoms with Crippen molar-refractivity contribution in [2.75, 3.05) is 6.61 Å². The molecule has 0 heterocycles. The second-order valence-corrected chi connectivity index (χ2v) is 11.7. The predicted molar refractivity (Wildman–Crippen MR) is 74.1 cm³/mol. The maximum Gasteiger partial charge on any atom is 1.00 e. The zero-order valence-electron chi connectivity index (χ0n) is 16.7. The van der Waals surface area contributed by atoms with Crippen LogP contribution in [0.2, 0.25) is 0 Å². The zero-order chi connectivity index (χ0) is 18.2. The first-order valence-electron chi connectivity index (χ1n) is 5.55. The van der Waals surface area contributed by atoms with Gasteiger partial charge in [0, 0.05) is 5.92 Å². The molecule has 1 aliphatic carbocycles. The van der Waals surface area contributed by atoms with Crippen LogP contribution in [0.3, 0.4) is 0 Å². The predicted octanol–water partition coefficient (Wildman–Crippen LogP) is -24.0. The van der Waals surface area contributed by atoms with E-state index in [0.717, 1.165) is 0 Å². The minimum absolute atomic E-state index is 0. The van der Waals surface area contributed by atoms with Crippen LogP contribution in [0.5, 0.6) is 0 Å². The zero-order valence-corrected chi connectivity index (χ0v) is 33.9. The number of rotatable bonds is 7. The molecule has 1 saturated carbocycles. The van der Waals surface area contributed by atoms with Crippen LogP contribution in [-0.4, -0.2) is 41.2 Å². The molecule has 23 heteroatoms. The van der Waals surface area contributed by atoms with Crippen molar-refractivity contribution in [1.29, 1.82) is 0 Å². The van der Waals surface area contributed by atoms with Gasteiger partial charge in [0.25, 0.3) is 0 Å². The van der Waals surface area contributed by atoms with Gasteiger partial charge in [-0.3, -0.25) is 0 Å². The summed E-state index contributed by atoms with van der Waals surface area (Å²) in [6.07, 6.45) is -7.68. The summed E-state index contributed by atoms with van der Waals surface area (Å²) >= 11 is 12.0. The molecule has 0 saturated heterocycles. The number of hydrogen-bond acceptors (Lipinski definition) is 14. The van der Waals surface area contributed by atoms with Gasteiger partial charge in [0.15, 0.2) is 0 Å². The first kappa shape index (κ1) is 49.5. The summed E-state index contributed by atoms with van der Waals surface area (Å²) in [5.74, 6) is -1.52. The van der Waals surface area contributed by atoms with Crippen LogP contribution < -0.4 is 207 Å². The molecule has 138 valence electrons. The van der Waals surface area contributed by atoms with Gasteiger partial charge in [0.2, 0.25) is 0 Å². The molecule has 5 atom stereocenters. The van der Waals surface area contributed by atoms with Gasteiger partial charge >= 0.3 is 177 Å². The average Bonchev–Trinajstić information content (AvgIpc) is 2.48. The van der Waals surface area contributed by atoms with E-state index in [2.05, 4.69) is 49.0 Å². The van der Waals surface area contributed by atoms with Crippen LogP contribution in [0, 0.1) is 5.92 Å². The Kier molecular flexibility index (Phi) is 36.4. The Hall–Kier alpha value is 7.51. The first-order valence-corrected chi connectivity index (χ1v) is 13.2. The Labute approximate surface area is 316 Å². The average molecular weight is 584 g/mol. The van der Waals surface area contributed by atoms with Gasteiger partial charge in [-0.05, 0) is 0 Å². The molecule has 0 amide bonds. The first-order chi connectivity index (χ1) is 10.1. The minimum atomic E-state index is -4.91. The van der Waals surface area contributed by atoms with Crippen LogP contribution in [0.1, 0.15) is 0 Å². The fraction of sp³-hybridized carbons (Fsp3) is 1.00. The third-order valence-corrected chi connectivity index (χ3v) is 5.08. The number of hydrogen-bond donors (Lipinski definition) is 2. The van der Waals surface area contributed by atoms with Crippen molar-refractivity contribution in [1.82, 2.24) is 0 Å². The van der Waals surface area contributed by atoms with Crippen LogP contribution in [0.4, 0.5) is 0 Å². The summed E-state index contributed by atoms with van der Waals surface area (Å²) in [5.41, 5.74) is 0. The van der Waals surface area contributed by atoms with Gasteiger partial charge in [0.1, 0.15) is 12.2 Å². The molecule has 0 aromatic carbocycles. The Bertz CT molecular complexity index is 577. The molecule has 0 radical (unpaired) electrons. The molecule has 0 aromatic rings. The van der Waals surface area contributed by atoms with Crippen molar-refractivity contribution in [2.45, 2.75) is 24.4 Å². The normalized spacial score (nSPS) is 26.3. The second kappa shape index (κ2) is 21.3. The molecular weight excluding hydrogens is 575 g/mol. The molecule has 11 nitrogen and oxygen atoms in total. The van der Waals surface area contributed by atoms with Crippen molar-refractivity contribution in [3.63, 3.8) is 0 Å². The molecule has 0 aromatic heterocycles. The van der Waals surface area contributed by atoms with E-state index in [0.29, 0.717) is 0 Å². The van der Waals surface area contributed by atoms with E-state index in [4.69, 9.17) is 0 Å². The monoisotopic (exact) mass is 584 g/mol. The number of aliphatic hydroxyl groups excluding tert-OH is 2. The Morgan fingerprint density at radius 3 is 1.17 bits per heavy atom. The molecule has 1 rings (SSSR count). The summed E-state index contributed by atoms with van der Waals surface area (Å²) in [7, 11) is 0. The van der Waals surface area contributed by atoms with Crippen molar-refractivity contribution < 1.29 is 230 Å². The van der Waals surface area contributed by atoms with Crippen molar-refractivity contribution in [2.24, 2.45) is 5.92 Å². The Balaban J connectivity index is -0.000000220. The smallest absolute Gasteiger partial charge is 0.812 e. The molecule has 0 bridgehead atoms. The number of aliphatic hydroxyl groups is 2. The van der Waals surface area contributed by atoms with Gasteiger partial charge in [-0.2, -0.15) is 0 Å². The molecule has 2 N–H and O–H groups in total. The van der Waals surface area contributed by atoms with E-state index in [1.807, 2.05) is 0 Å². The molecule has 0 spiro atoms. The van der Waals surface area contributed by atoms with E-state index < -0.39 is 57.1 Å². The quantitative estimate of drug-likeness (QED) is 0.211. The Morgan fingerprint density at radius 2 is 0.897 bits per heavy atom. The van der Waals surface area contributed by atoms with Crippen LogP contribution >= 0.6 is 20.2 Å². The summed E-state index contributed by atoms with van der Waals surface area (Å²) in [6.45, 7) is -15.6. The van der Waals surface area contributed by atoms with Gasteiger partial charge < -0.3 is 53.1 Å². The Morgan fingerprint density at radius 1 is 0.621 bits per heavy atom. The van der Waals surface area contributed by atoms with Gasteiger partial charge in [-0.1, -0.05) is 20.2 Å². The van der Waals surface area contributed by atoms with E-state index in [9.17, 15) is 39.6 Å². The molecule has 0 unspecified atom stereocenters. The third kappa shape index (κ3) is 20.1. The standard InChI is InChI=1S/C6H15O11P3S3.6Na/c7-1-2-4(15-18(9,10)21)3(8)6(17-20(13,14)23)5(2)16-19(11,12)22;;;;;;/h2-8H,1H2,(H2,9,10,21)(H2,11,12,22)(H2,13,14,23);;;;;;/q;6*+1/p-6/t2-,3-,4+,5+,6+;;;;;;/m0....../s1. The van der Waals surface area contributed by atoms with E-state index in [-0.39, 0.29) is 177 Å². The van der Waals surface area contributed by atoms with E-state index >= 15 is 0 Å². The molecule has 1 fully saturated rings. The molecule has 0 aliphatic heterocycles. The van der Waals surface area contributed by atoms with Crippen LogP contribution in [0.15, 0.2) is 0 Å². The fourth-order valence-electron chi connectivity index (χ4n) is 2.12. The van der Waals surface area contributed by atoms with E-state index in [1.54, 1.807) is 0 Å². The van der Waals surface area contributed by atoms with E-state index in [1.165, 1.54) is 0 Å². The van der Waals surface area contributed by atoms with Gasteiger partial charge in [-0.15, -0.1) is 35.4 Å². The topological polar surface area (TPSA) is 207 Å². The summed E-state index contributed by atoms with van der Waals surface area (Å²) in [4.78, 5) is 66.5. The molecular formula is C6H9Na6O11P3S3. The van der Waals surface area contributed by atoms with Crippen molar-refractivity contribution in [3.8, 4) is 0 Å². The van der Waals surface area contributed by atoms with Crippen molar-refractivity contribution >= 4 is 55.6 Å². The van der Waals surface area contributed by atoms with Crippen LogP contribution in [-0.2, 0) is 49.0 Å². The maximum absolute atomic E-state index is 11.1. The molecule has 29 heavy (non-hydrogen) atoms. The SMILES string of the molecule is [Na+].[Na+].[Na+].[Na+].[Na+].[Na+].[O-]P([O-])(=S)O[C@@H]1[C@@H](O)[C@H](OP([O-])([O-])=S)[C@H](CO)[C@H]1OP([O-])([O-])=S. The van der Waals surface area contributed by atoms with Gasteiger partial charge in [0.05, 0.1) is 18.8 Å². The summed E-state index contributed by atoms with van der Waals surface area (Å²) in [5, 5.41) is 19.2. The minimum Gasteiger partial charge on any atom is -0.812 e. The summed E-state index contributed by atoms with van der Waals surface area (Å²) < 4.78 is 13.2. The van der Waals surface area contributed by atoms with Crippen LogP contribution in [0.25, 0.3) is 0 Å². The fourth-order valence-corrected chi connectivity index (χ4v) is 4.71. The van der Waals surface area contributed by atoms with Crippen molar-refractivity contribution in [3.05, 3.63) is 0 Å². The van der Waals surface area contributed by atoms with Gasteiger partial charge in [-0.25, -0.2) is 0 Å².